The molecule has 0 bridgehead atoms. The third-order valence-corrected chi connectivity index (χ3v) is 6.29. The first-order chi connectivity index (χ1) is 16.2. The van der Waals surface area contributed by atoms with Crippen molar-refractivity contribution in [1.82, 2.24) is 24.6 Å². The van der Waals surface area contributed by atoms with Gasteiger partial charge in [-0.05, 0) is 40.9 Å². The van der Waals surface area contributed by atoms with Gasteiger partial charge in [0.25, 0.3) is 0 Å². The Kier molecular flexibility index (Phi) is 5.61. The summed E-state index contributed by atoms with van der Waals surface area (Å²) >= 11 is 3.46. The molecule has 0 saturated carbocycles. The molecular formula is C23H18BrF3N6O. The summed E-state index contributed by atoms with van der Waals surface area (Å²) in [6.07, 6.45) is 8.66. The molecule has 1 aliphatic heterocycles. The molecule has 3 aromatic heterocycles. The van der Waals surface area contributed by atoms with Crippen molar-refractivity contribution in [3.8, 4) is 0 Å². The van der Waals surface area contributed by atoms with Crippen LogP contribution in [0.4, 0.5) is 19.0 Å². The predicted molar refractivity (Wildman–Crippen MR) is 123 cm³/mol. The lowest BCUT2D eigenvalue weighted by Crippen LogP contribution is -2.30. The lowest BCUT2D eigenvalue weighted by molar-refractivity contribution is 0.0923. The highest BCUT2D eigenvalue weighted by atomic mass is 79.9. The van der Waals surface area contributed by atoms with E-state index in [0.717, 1.165) is 21.4 Å². The Balaban J connectivity index is 1.38. The molecule has 0 aliphatic carbocycles. The smallest absolute Gasteiger partial charge is 0.156 e. The standard InChI is InChI=1S/C23H18BrF3N6O/c1-23(34,20-17(26)7-16(25)8-18(20)27)14-9-28-21(29-10-14)13-2-4-32(5-3-13)22-19-6-15(24)11-33(19)31-12-30-22/h2,6-12,34H,3-5H2,1H3. The third kappa shape index (κ3) is 3.94. The molecule has 0 amide bonds. The van der Waals surface area contributed by atoms with Gasteiger partial charge in [0.15, 0.2) is 11.6 Å². The summed E-state index contributed by atoms with van der Waals surface area (Å²) in [6.45, 7) is 2.47. The molecule has 1 aromatic carbocycles. The van der Waals surface area contributed by atoms with E-state index in [2.05, 4.69) is 40.9 Å². The Morgan fingerprint density at radius 1 is 1.06 bits per heavy atom. The van der Waals surface area contributed by atoms with Gasteiger partial charge in [0.1, 0.15) is 34.9 Å². The van der Waals surface area contributed by atoms with Gasteiger partial charge in [-0.3, -0.25) is 0 Å². The van der Waals surface area contributed by atoms with Crippen LogP contribution >= 0.6 is 15.9 Å². The van der Waals surface area contributed by atoms with E-state index in [0.29, 0.717) is 37.5 Å². The van der Waals surface area contributed by atoms with E-state index in [4.69, 9.17) is 0 Å². The molecule has 1 unspecified atom stereocenters. The summed E-state index contributed by atoms with van der Waals surface area (Å²) in [6, 6.07) is 3.01. The molecule has 4 aromatic rings. The number of hydrogen-bond acceptors (Lipinski definition) is 6. The quantitative estimate of drug-likeness (QED) is 0.425. The average molecular weight is 531 g/mol. The first-order valence-electron chi connectivity index (χ1n) is 10.4. The van der Waals surface area contributed by atoms with E-state index in [1.165, 1.54) is 25.6 Å². The van der Waals surface area contributed by atoms with Crippen LogP contribution in [-0.4, -0.2) is 42.8 Å². The van der Waals surface area contributed by atoms with Crippen LogP contribution in [-0.2, 0) is 5.60 Å². The van der Waals surface area contributed by atoms with E-state index >= 15 is 0 Å². The maximum atomic E-state index is 14.2. The SMILES string of the molecule is CC(O)(c1cnc(C2=CCN(c3ncnn4cc(Br)cc34)CC2)nc1)c1c(F)cc(F)cc1F. The number of benzene rings is 1. The number of nitrogens with zero attached hydrogens (tertiary/aromatic N) is 6. The summed E-state index contributed by atoms with van der Waals surface area (Å²) in [7, 11) is 0. The number of hydrogen-bond donors (Lipinski definition) is 1. The Bertz CT molecular complexity index is 1400. The second-order valence-electron chi connectivity index (χ2n) is 8.11. The van der Waals surface area contributed by atoms with Crippen molar-refractivity contribution in [2.24, 2.45) is 0 Å². The van der Waals surface area contributed by atoms with E-state index in [1.54, 1.807) is 4.52 Å². The van der Waals surface area contributed by atoms with Crippen LogP contribution < -0.4 is 4.90 Å². The fourth-order valence-corrected chi connectivity index (χ4v) is 4.50. The van der Waals surface area contributed by atoms with Gasteiger partial charge < -0.3 is 10.0 Å². The van der Waals surface area contributed by atoms with Gasteiger partial charge in [0.05, 0.1) is 5.56 Å². The van der Waals surface area contributed by atoms with E-state index in [-0.39, 0.29) is 5.56 Å². The molecule has 0 fully saturated rings. The molecule has 11 heteroatoms. The maximum absolute atomic E-state index is 14.2. The van der Waals surface area contributed by atoms with Crippen molar-refractivity contribution < 1.29 is 18.3 Å². The highest BCUT2D eigenvalue weighted by molar-refractivity contribution is 9.10. The van der Waals surface area contributed by atoms with Gasteiger partial charge in [0, 0.05) is 53.8 Å². The molecule has 5 rings (SSSR count). The molecule has 0 radical (unpaired) electrons. The second-order valence-corrected chi connectivity index (χ2v) is 9.02. The van der Waals surface area contributed by atoms with E-state index in [9.17, 15) is 18.3 Å². The molecule has 34 heavy (non-hydrogen) atoms. The van der Waals surface area contributed by atoms with Gasteiger partial charge >= 0.3 is 0 Å². The number of aromatic nitrogens is 5. The van der Waals surface area contributed by atoms with Crippen molar-refractivity contribution in [3.05, 3.63) is 88.1 Å². The minimum atomic E-state index is -2.08. The normalized spacial score (nSPS) is 15.9. The Hall–Kier alpha value is -3.31. The third-order valence-electron chi connectivity index (χ3n) is 5.86. The number of halogens is 4. The van der Waals surface area contributed by atoms with Gasteiger partial charge in [-0.15, -0.1) is 0 Å². The first kappa shape index (κ1) is 22.5. The van der Waals surface area contributed by atoms with Crippen molar-refractivity contribution in [1.29, 1.82) is 0 Å². The number of anilines is 1. The Labute approximate surface area is 200 Å². The molecule has 174 valence electrons. The fourth-order valence-electron chi connectivity index (χ4n) is 4.09. The molecule has 1 N–H and O–H groups in total. The molecule has 1 aliphatic rings. The number of rotatable bonds is 4. The fraction of sp³-hybridized carbons (Fsp3) is 0.217. The minimum absolute atomic E-state index is 0.0841. The summed E-state index contributed by atoms with van der Waals surface area (Å²) in [5, 5.41) is 15.1. The topological polar surface area (TPSA) is 79.4 Å². The van der Waals surface area contributed by atoms with Gasteiger partial charge in [-0.2, -0.15) is 5.10 Å². The predicted octanol–water partition coefficient (Wildman–Crippen LogP) is 4.25. The Morgan fingerprint density at radius 2 is 1.76 bits per heavy atom. The largest absolute Gasteiger partial charge is 0.380 e. The molecule has 0 saturated heterocycles. The van der Waals surface area contributed by atoms with E-state index in [1.807, 2.05) is 18.3 Å². The van der Waals surface area contributed by atoms with Crippen LogP contribution in [0, 0.1) is 17.5 Å². The van der Waals surface area contributed by atoms with Crippen LogP contribution in [0.5, 0.6) is 0 Å². The van der Waals surface area contributed by atoms with Crippen LogP contribution in [0.1, 0.15) is 30.3 Å². The summed E-state index contributed by atoms with van der Waals surface area (Å²) < 4.78 is 44.4. The van der Waals surface area contributed by atoms with Gasteiger partial charge in [-0.1, -0.05) is 6.08 Å². The average Bonchev–Trinajstić information content (AvgIpc) is 3.18. The zero-order valence-electron chi connectivity index (χ0n) is 17.9. The summed E-state index contributed by atoms with van der Waals surface area (Å²) in [4.78, 5) is 15.2. The summed E-state index contributed by atoms with van der Waals surface area (Å²) in [5.41, 5.74) is -0.869. The molecule has 7 nitrogen and oxygen atoms in total. The van der Waals surface area contributed by atoms with Gasteiger partial charge in [-0.25, -0.2) is 32.6 Å². The highest BCUT2D eigenvalue weighted by Crippen LogP contribution is 2.33. The van der Waals surface area contributed by atoms with Crippen LogP contribution in [0.25, 0.3) is 11.1 Å². The zero-order chi connectivity index (χ0) is 24.0. The minimum Gasteiger partial charge on any atom is -0.380 e. The molecule has 1 atom stereocenters. The van der Waals surface area contributed by atoms with Crippen molar-refractivity contribution in [2.75, 3.05) is 18.0 Å². The van der Waals surface area contributed by atoms with Crippen LogP contribution in [0.3, 0.4) is 0 Å². The number of aliphatic hydroxyl groups is 1. The lowest BCUT2D eigenvalue weighted by Gasteiger charge is -2.28. The molecule has 0 spiro atoms. The van der Waals surface area contributed by atoms with Gasteiger partial charge in [0.2, 0.25) is 0 Å². The second kappa shape index (κ2) is 8.48. The van der Waals surface area contributed by atoms with Crippen LogP contribution in [0.15, 0.2) is 53.7 Å². The maximum Gasteiger partial charge on any atom is 0.156 e. The summed E-state index contributed by atoms with van der Waals surface area (Å²) in [5.74, 6) is -2.16. The molecular weight excluding hydrogens is 513 g/mol. The van der Waals surface area contributed by atoms with E-state index < -0.39 is 28.6 Å². The van der Waals surface area contributed by atoms with Crippen molar-refractivity contribution in [2.45, 2.75) is 18.9 Å². The highest BCUT2D eigenvalue weighted by Gasteiger charge is 2.33. The van der Waals surface area contributed by atoms with Crippen molar-refractivity contribution >= 4 is 32.8 Å². The molecule has 4 heterocycles. The number of fused-ring (bicyclic) bond motifs is 1. The lowest BCUT2D eigenvalue weighted by atomic mass is 9.89. The Morgan fingerprint density at radius 3 is 2.41 bits per heavy atom. The first-order valence-corrected chi connectivity index (χ1v) is 11.2. The van der Waals surface area contributed by atoms with Crippen molar-refractivity contribution in [3.63, 3.8) is 0 Å². The van der Waals surface area contributed by atoms with Crippen LogP contribution in [0.2, 0.25) is 0 Å². The zero-order valence-corrected chi connectivity index (χ0v) is 19.5. The monoisotopic (exact) mass is 530 g/mol.